The molecular formula is C14H24N2O8. The first-order chi connectivity index (χ1) is 11.0. The topological polar surface area (TPSA) is 131 Å². The average molecular weight is 348 g/mol. The molecule has 0 aromatic heterocycles. The highest BCUT2D eigenvalue weighted by molar-refractivity contribution is 5.82. The zero-order valence-electron chi connectivity index (χ0n) is 14.3. The molecular weight excluding hydrogens is 324 g/mol. The van der Waals surface area contributed by atoms with E-state index in [1.807, 2.05) is 5.32 Å². The standard InChI is InChI=1S/C14H24N2O8/c1-5-22-13(21)16(9-11(18)24-14(2,3)4)8-10(17)23-7-6-15-12(19)20/h15H,5-9H2,1-4H3,(H,19,20). The molecule has 0 aliphatic heterocycles. The normalized spacial score (nSPS) is 10.5. The van der Waals surface area contributed by atoms with Crippen molar-refractivity contribution in [3.05, 3.63) is 0 Å². The molecule has 0 bridgehead atoms. The van der Waals surface area contributed by atoms with Gasteiger partial charge in [-0.15, -0.1) is 0 Å². The maximum atomic E-state index is 11.8. The van der Waals surface area contributed by atoms with E-state index >= 15 is 0 Å². The van der Waals surface area contributed by atoms with Crippen LogP contribution in [0.25, 0.3) is 0 Å². The third-order valence-electron chi connectivity index (χ3n) is 2.23. The number of ether oxygens (including phenoxy) is 3. The molecule has 0 aliphatic carbocycles. The number of esters is 2. The van der Waals surface area contributed by atoms with Crippen LogP contribution >= 0.6 is 0 Å². The molecule has 0 aromatic carbocycles. The van der Waals surface area contributed by atoms with Crippen LogP contribution in [0.2, 0.25) is 0 Å². The van der Waals surface area contributed by atoms with Crippen molar-refractivity contribution in [3.8, 4) is 0 Å². The largest absolute Gasteiger partial charge is 0.465 e. The molecule has 0 heterocycles. The number of nitrogens with zero attached hydrogens (tertiary/aromatic N) is 1. The number of carbonyl (C=O) groups is 4. The van der Waals surface area contributed by atoms with E-state index in [4.69, 9.17) is 19.3 Å². The van der Waals surface area contributed by atoms with Gasteiger partial charge in [0.1, 0.15) is 25.3 Å². The fourth-order valence-electron chi connectivity index (χ4n) is 1.45. The predicted octanol–water partition coefficient (Wildman–Crippen LogP) is 0.597. The number of rotatable bonds is 8. The quantitative estimate of drug-likeness (QED) is 0.370. The third kappa shape index (κ3) is 11.1. The number of nitrogens with one attached hydrogen (secondary N) is 1. The van der Waals surface area contributed by atoms with Gasteiger partial charge in [-0.1, -0.05) is 0 Å². The summed E-state index contributed by atoms with van der Waals surface area (Å²) in [5.74, 6) is -1.50. The highest BCUT2D eigenvalue weighted by Gasteiger charge is 2.25. The van der Waals surface area contributed by atoms with Gasteiger partial charge in [0.2, 0.25) is 0 Å². The van der Waals surface area contributed by atoms with Gasteiger partial charge < -0.3 is 24.6 Å². The zero-order chi connectivity index (χ0) is 18.8. The molecule has 2 N–H and O–H groups in total. The summed E-state index contributed by atoms with van der Waals surface area (Å²) in [6.45, 7) is 5.38. The van der Waals surface area contributed by atoms with Crippen LogP contribution in [0, 0.1) is 0 Å². The molecule has 138 valence electrons. The Labute approximate surface area is 140 Å². The summed E-state index contributed by atoms with van der Waals surface area (Å²) in [6.07, 6.45) is -2.10. The number of carboxylic acid groups (broad SMARTS) is 1. The molecule has 0 rings (SSSR count). The Balaban J connectivity index is 4.55. The summed E-state index contributed by atoms with van der Waals surface area (Å²) in [7, 11) is 0. The van der Waals surface area contributed by atoms with Crippen molar-refractivity contribution in [2.24, 2.45) is 0 Å². The molecule has 0 spiro atoms. The molecule has 0 saturated carbocycles. The third-order valence-corrected chi connectivity index (χ3v) is 2.23. The Kier molecular flexibility index (Phi) is 9.21. The van der Waals surface area contributed by atoms with Gasteiger partial charge in [-0.25, -0.2) is 9.59 Å². The molecule has 0 radical (unpaired) electrons. The minimum Gasteiger partial charge on any atom is -0.465 e. The van der Waals surface area contributed by atoms with Crippen molar-refractivity contribution in [2.75, 3.05) is 32.8 Å². The summed E-state index contributed by atoms with van der Waals surface area (Å²) in [6, 6.07) is 0. The van der Waals surface area contributed by atoms with Gasteiger partial charge in [0.25, 0.3) is 0 Å². The maximum Gasteiger partial charge on any atom is 0.410 e. The van der Waals surface area contributed by atoms with E-state index in [1.54, 1.807) is 27.7 Å². The number of hydrogen-bond donors (Lipinski definition) is 2. The zero-order valence-corrected chi connectivity index (χ0v) is 14.3. The van der Waals surface area contributed by atoms with Crippen LogP contribution in [-0.2, 0) is 23.8 Å². The summed E-state index contributed by atoms with van der Waals surface area (Å²) in [4.78, 5) is 46.4. The molecule has 0 saturated heterocycles. The molecule has 0 atom stereocenters. The van der Waals surface area contributed by atoms with Gasteiger partial charge in [0.05, 0.1) is 13.2 Å². The van der Waals surface area contributed by atoms with Crippen LogP contribution in [0.1, 0.15) is 27.7 Å². The second-order valence-corrected chi connectivity index (χ2v) is 5.59. The van der Waals surface area contributed by atoms with Gasteiger partial charge in [-0.2, -0.15) is 0 Å². The first-order valence-electron chi connectivity index (χ1n) is 7.31. The van der Waals surface area contributed by atoms with Crippen LogP contribution in [-0.4, -0.2) is 72.6 Å². The molecule has 0 fully saturated rings. The SMILES string of the molecule is CCOC(=O)N(CC(=O)OCCNC(=O)O)CC(=O)OC(C)(C)C. The lowest BCUT2D eigenvalue weighted by Gasteiger charge is -2.24. The molecule has 10 heteroatoms. The Morgan fingerprint density at radius 2 is 1.62 bits per heavy atom. The Morgan fingerprint density at radius 1 is 1.04 bits per heavy atom. The van der Waals surface area contributed by atoms with Crippen molar-refractivity contribution < 1.29 is 38.5 Å². The van der Waals surface area contributed by atoms with Gasteiger partial charge in [0.15, 0.2) is 0 Å². The highest BCUT2D eigenvalue weighted by Crippen LogP contribution is 2.08. The summed E-state index contributed by atoms with van der Waals surface area (Å²) >= 11 is 0. The Hall–Kier alpha value is -2.52. The summed E-state index contributed by atoms with van der Waals surface area (Å²) in [5, 5.41) is 10.4. The van der Waals surface area contributed by atoms with Gasteiger partial charge in [0, 0.05) is 0 Å². The molecule has 24 heavy (non-hydrogen) atoms. The lowest BCUT2D eigenvalue weighted by atomic mass is 10.2. The van der Waals surface area contributed by atoms with Crippen LogP contribution in [0.5, 0.6) is 0 Å². The lowest BCUT2D eigenvalue weighted by molar-refractivity contribution is -0.156. The monoisotopic (exact) mass is 348 g/mol. The minimum atomic E-state index is -1.25. The fraction of sp³-hybridized carbons (Fsp3) is 0.714. The molecule has 2 amide bonds. The summed E-state index contributed by atoms with van der Waals surface area (Å²) < 4.78 is 14.6. The number of hydrogen-bond acceptors (Lipinski definition) is 7. The van der Waals surface area contributed by atoms with E-state index in [0.717, 1.165) is 4.90 Å². The lowest BCUT2D eigenvalue weighted by Crippen LogP contribution is -2.42. The van der Waals surface area contributed by atoms with Crippen LogP contribution in [0.3, 0.4) is 0 Å². The molecule has 10 nitrogen and oxygen atoms in total. The fourth-order valence-corrected chi connectivity index (χ4v) is 1.45. The van der Waals surface area contributed by atoms with Gasteiger partial charge in [-0.3, -0.25) is 14.5 Å². The van der Waals surface area contributed by atoms with Crippen molar-refractivity contribution in [1.29, 1.82) is 0 Å². The first-order valence-corrected chi connectivity index (χ1v) is 7.31. The van der Waals surface area contributed by atoms with Crippen molar-refractivity contribution in [1.82, 2.24) is 10.2 Å². The Morgan fingerprint density at radius 3 is 2.12 bits per heavy atom. The molecule has 0 aromatic rings. The Bertz CT molecular complexity index is 458. The van der Waals surface area contributed by atoms with Crippen LogP contribution in [0.15, 0.2) is 0 Å². The van der Waals surface area contributed by atoms with E-state index in [2.05, 4.69) is 0 Å². The predicted molar refractivity (Wildman–Crippen MR) is 81.4 cm³/mol. The van der Waals surface area contributed by atoms with Gasteiger partial charge in [-0.05, 0) is 27.7 Å². The van der Waals surface area contributed by atoms with Gasteiger partial charge >= 0.3 is 24.1 Å². The summed E-state index contributed by atoms with van der Waals surface area (Å²) in [5.41, 5.74) is -0.736. The molecule has 0 aliphatic rings. The second kappa shape index (κ2) is 10.3. The van der Waals surface area contributed by atoms with Crippen molar-refractivity contribution in [2.45, 2.75) is 33.3 Å². The minimum absolute atomic E-state index is 0.0707. The van der Waals surface area contributed by atoms with E-state index in [9.17, 15) is 19.2 Å². The van der Waals surface area contributed by atoms with E-state index in [0.29, 0.717) is 0 Å². The highest BCUT2D eigenvalue weighted by atomic mass is 16.6. The van der Waals surface area contributed by atoms with Crippen molar-refractivity contribution >= 4 is 24.1 Å². The van der Waals surface area contributed by atoms with Crippen LogP contribution < -0.4 is 5.32 Å². The number of amides is 2. The van der Waals surface area contributed by atoms with E-state index in [-0.39, 0.29) is 19.8 Å². The average Bonchev–Trinajstić information content (AvgIpc) is 2.41. The second-order valence-electron chi connectivity index (χ2n) is 5.59. The first kappa shape index (κ1) is 21.5. The van der Waals surface area contributed by atoms with E-state index < -0.39 is 42.8 Å². The van der Waals surface area contributed by atoms with Crippen LogP contribution in [0.4, 0.5) is 9.59 Å². The smallest absolute Gasteiger partial charge is 0.410 e. The molecule has 0 unspecified atom stereocenters. The number of carbonyl (C=O) groups excluding carboxylic acids is 3. The van der Waals surface area contributed by atoms with Crippen molar-refractivity contribution in [3.63, 3.8) is 0 Å². The van der Waals surface area contributed by atoms with E-state index in [1.165, 1.54) is 0 Å². The maximum absolute atomic E-state index is 11.8.